The molecule has 52 heavy (non-hydrogen) atoms. The Balaban J connectivity index is 1.06. The second-order valence-corrected chi connectivity index (χ2v) is 13.6. The molecule has 0 saturated carbocycles. The lowest BCUT2D eigenvalue weighted by molar-refractivity contribution is 0.662. The van der Waals surface area contributed by atoms with Crippen LogP contribution in [0, 0.1) is 0 Å². The van der Waals surface area contributed by atoms with Gasteiger partial charge in [0.25, 0.3) is 0 Å². The zero-order chi connectivity index (χ0) is 33.9. The van der Waals surface area contributed by atoms with E-state index in [-0.39, 0.29) is 0 Å². The average Bonchev–Trinajstić information content (AvgIpc) is 3.96. The Morgan fingerprint density at radius 1 is 0.308 bits per heavy atom. The maximum Gasteiger partial charge on any atom is 0.147 e. The number of aromatic nitrogens is 1. The van der Waals surface area contributed by atoms with Crippen molar-refractivity contribution in [3.05, 3.63) is 164 Å². The summed E-state index contributed by atoms with van der Waals surface area (Å²) in [7, 11) is 0. The van der Waals surface area contributed by atoms with Gasteiger partial charge in [-0.1, -0.05) is 91.0 Å². The summed E-state index contributed by atoms with van der Waals surface area (Å²) in [6.07, 6.45) is 0. The molecule has 0 aliphatic rings. The normalized spacial score (nSPS) is 12.2. The summed E-state index contributed by atoms with van der Waals surface area (Å²) in [5, 5.41) is 8.69. The van der Waals surface area contributed by atoms with Crippen LogP contribution in [-0.4, -0.2) is 4.57 Å². The summed E-state index contributed by atoms with van der Waals surface area (Å²) in [5.74, 6) is 0. The van der Waals surface area contributed by atoms with Crippen molar-refractivity contribution < 1.29 is 13.3 Å². The molecule has 4 nitrogen and oxygen atoms in total. The van der Waals surface area contributed by atoms with Crippen LogP contribution < -0.4 is 0 Å². The summed E-state index contributed by atoms with van der Waals surface area (Å²) in [5.41, 5.74) is 13.1. The third-order valence-electron chi connectivity index (χ3n) is 10.8. The Morgan fingerprint density at radius 3 is 1.85 bits per heavy atom. The van der Waals surface area contributed by atoms with Crippen molar-refractivity contribution in [1.82, 2.24) is 4.57 Å². The molecule has 0 aliphatic carbocycles. The number of benzene rings is 8. The predicted molar refractivity (Wildman–Crippen MR) is 213 cm³/mol. The first-order chi connectivity index (χ1) is 25.8. The van der Waals surface area contributed by atoms with E-state index in [4.69, 9.17) is 13.3 Å². The fraction of sp³-hybridized carbons (Fsp3) is 0. The molecule has 4 heteroatoms. The standard InChI is InChI=1S/C48H27NO3/c1-2-9-28(10-3-1)29-11-8-12-30(25-29)31-17-22-42-37(26-31)35-20-24-44-46(48(35)52-42)38-27-32(18-23-43(38)50-44)49-39-15-6-4-14-36(39)45-40(49)21-19-34-33-13-5-7-16-41(33)51-47(34)45/h1-27H. The van der Waals surface area contributed by atoms with E-state index in [0.717, 1.165) is 98.9 Å². The van der Waals surface area contributed by atoms with E-state index in [1.54, 1.807) is 0 Å². The Morgan fingerprint density at radius 2 is 0.942 bits per heavy atom. The first kappa shape index (κ1) is 27.7. The van der Waals surface area contributed by atoms with E-state index in [1.807, 2.05) is 12.1 Å². The van der Waals surface area contributed by atoms with Crippen LogP contribution in [0.2, 0.25) is 0 Å². The lowest BCUT2D eigenvalue weighted by atomic mass is 9.98. The molecule has 0 unspecified atom stereocenters. The highest BCUT2D eigenvalue weighted by molar-refractivity contribution is 6.25. The van der Waals surface area contributed by atoms with Gasteiger partial charge in [0.15, 0.2) is 0 Å². The molecule has 0 amide bonds. The number of fused-ring (bicyclic) bond motifs is 14. The van der Waals surface area contributed by atoms with Gasteiger partial charge in [0.2, 0.25) is 0 Å². The van der Waals surface area contributed by atoms with E-state index >= 15 is 0 Å². The first-order valence-corrected chi connectivity index (χ1v) is 17.6. The SMILES string of the molecule is c1ccc(-c2cccc(-c3ccc4oc5c(ccc6oc7ccc(-n8c9ccccc9c9c%10oc%11ccccc%11c%10ccc98)cc7c65)c4c3)c2)cc1. The molecule has 242 valence electrons. The molecule has 0 atom stereocenters. The lowest BCUT2D eigenvalue weighted by Crippen LogP contribution is -1.93. The molecular weight excluding hydrogens is 639 g/mol. The van der Waals surface area contributed by atoms with Crippen molar-refractivity contribution in [1.29, 1.82) is 0 Å². The number of nitrogens with zero attached hydrogens (tertiary/aromatic N) is 1. The molecule has 4 aromatic heterocycles. The molecule has 0 bridgehead atoms. The van der Waals surface area contributed by atoms with Crippen molar-refractivity contribution in [2.24, 2.45) is 0 Å². The third kappa shape index (κ3) is 3.81. The van der Waals surface area contributed by atoms with Crippen molar-refractivity contribution in [3.63, 3.8) is 0 Å². The molecular formula is C48H27NO3. The minimum Gasteiger partial charge on any atom is -0.456 e. The quantitative estimate of drug-likeness (QED) is 0.189. The number of hydrogen-bond donors (Lipinski definition) is 0. The summed E-state index contributed by atoms with van der Waals surface area (Å²) >= 11 is 0. The van der Waals surface area contributed by atoms with Gasteiger partial charge in [-0.25, -0.2) is 0 Å². The lowest BCUT2D eigenvalue weighted by Gasteiger charge is -2.08. The van der Waals surface area contributed by atoms with Crippen LogP contribution in [0.5, 0.6) is 0 Å². The number of hydrogen-bond acceptors (Lipinski definition) is 3. The van der Waals surface area contributed by atoms with Gasteiger partial charge >= 0.3 is 0 Å². The van der Waals surface area contributed by atoms with Crippen molar-refractivity contribution in [2.75, 3.05) is 0 Å². The molecule has 8 aromatic carbocycles. The summed E-state index contributed by atoms with van der Waals surface area (Å²) in [6.45, 7) is 0. The van der Waals surface area contributed by atoms with Crippen molar-refractivity contribution in [2.45, 2.75) is 0 Å². The molecule has 0 fully saturated rings. The number of para-hydroxylation sites is 2. The van der Waals surface area contributed by atoms with Gasteiger partial charge in [-0.05, 0) is 95.1 Å². The Labute approximate surface area is 296 Å². The van der Waals surface area contributed by atoms with Gasteiger partial charge in [0.05, 0.1) is 21.8 Å². The molecule has 0 spiro atoms. The average molecular weight is 666 g/mol. The molecule has 12 rings (SSSR count). The second-order valence-electron chi connectivity index (χ2n) is 13.6. The summed E-state index contributed by atoms with van der Waals surface area (Å²) in [6, 6.07) is 57.7. The summed E-state index contributed by atoms with van der Waals surface area (Å²) in [4.78, 5) is 0. The highest BCUT2D eigenvalue weighted by Gasteiger charge is 2.21. The van der Waals surface area contributed by atoms with Gasteiger partial charge in [0, 0.05) is 38.0 Å². The smallest absolute Gasteiger partial charge is 0.147 e. The van der Waals surface area contributed by atoms with Crippen LogP contribution in [-0.2, 0) is 0 Å². The van der Waals surface area contributed by atoms with E-state index in [9.17, 15) is 0 Å². The zero-order valence-electron chi connectivity index (χ0n) is 27.8. The van der Waals surface area contributed by atoms with Crippen LogP contribution in [0.15, 0.2) is 177 Å². The maximum atomic E-state index is 6.68. The fourth-order valence-corrected chi connectivity index (χ4v) is 8.42. The monoisotopic (exact) mass is 665 g/mol. The highest BCUT2D eigenvalue weighted by atomic mass is 16.3. The second kappa shape index (κ2) is 10.3. The molecule has 0 N–H and O–H groups in total. The topological polar surface area (TPSA) is 44.4 Å². The van der Waals surface area contributed by atoms with Gasteiger partial charge in [-0.15, -0.1) is 0 Å². The molecule has 12 aromatic rings. The molecule has 0 aliphatic heterocycles. The minimum absolute atomic E-state index is 0.806. The van der Waals surface area contributed by atoms with Gasteiger partial charge in [0.1, 0.15) is 33.5 Å². The third-order valence-corrected chi connectivity index (χ3v) is 10.8. The van der Waals surface area contributed by atoms with Crippen LogP contribution >= 0.6 is 0 Å². The van der Waals surface area contributed by atoms with E-state index in [1.165, 1.54) is 16.7 Å². The van der Waals surface area contributed by atoms with Gasteiger partial charge < -0.3 is 17.8 Å². The molecule has 0 radical (unpaired) electrons. The van der Waals surface area contributed by atoms with Crippen LogP contribution in [0.1, 0.15) is 0 Å². The van der Waals surface area contributed by atoms with E-state index in [0.29, 0.717) is 0 Å². The Kier molecular flexibility index (Phi) is 5.47. The highest BCUT2D eigenvalue weighted by Crippen LogP contribution is 2.44. The Hall–Kier alpha value is -7.04. The maximum absolute atomic E-state index is 6.68. The van der Waals surface area contributed by atoms with E-state index < -0.39 is 0 Å². The van der Waals surface area contributed by atoms with Crippen LogP contribution in [0.3, 0.4) is 0 Å². The van der Waals surface area contributed by atoms with Gasteiger partial charge in [-0.2, -0.15) is 0 Å². The van der Waals surface area contributed by atoms with Crippen molar-refractivity contribution in [3.8, 4) is 27.9 Å². The molecule has 4 heterocycles. The largest absolute Gasteiger partial charge is 0.456 e. The van der Waals surface area contributed by atoms with Gasteiger partial charge in [-0.3, -0.25) is 0 Å². The summed E-state index contributed by atoms with van der Waals surface area (Å²) < 4.78 is 22.0. The van der Waals surface area contributed by atoms with E-state index in [2.05, 4.69) is 156 Å². The predicted octanol–water partition coefficient (Wildman–Crippen LogP) is 13.8. The minimum atomic E-state index is 0.806. The Bertz CT molecular complexity index is 3410. The van der Waals surface area contributed by atoms with Crippen molar-refractivity contribution >= 4 is 87.6 Å². The molecule has 0 saturated heterocycles. The number of furan rings is 3. The number of rotatable bonds is 3. The first-order valence-electron chi connectivity index (χ1n) is 17.6. The fourth-order valence-electron chi connectivity index (χ4n) is 8.42. The van der Waals surface area contributed by atoms with Crippen LogP contribution in [0.25, 0.3) is 116 Å². The van der Waals surface area contributed by atoms with Crippen LogP contribution in [0.4, 0.5) is 0 Å². The zero-order valence-corrected chi connectivity index (χ0v) is 27.8.